The highest BCUT2D eigenvalue weighted by atomic mass is 16.5. The summed E-state index contributed by atoms with van der Waals surface area (Å²) in [5.74, 6) is 1.45. The Hall–Kier alpha value is -0.120. The number of ether oxygens (including phenoxy) is 2. The first-order chi connectivity index (χ1) is 7.29. The second kappa shape index (κ2) is 8.08. The molecule has 0 radical (unpaired) electrons. The average Bonchev–Trinajstić information content (AvgIpc) is 2.24. The lowest BCUT2D eigenvalue weighted by Crippen LogP contribution is -2.30. The highest BCUT2D eigenvalue weighted by Gasteiger charge is 2.12. The van der Waals surface area contributed by atoms with Gasteiger partial charge in [-0.05, 0) is 31.2 Å². The highest BCUT2D eigenvalue weighted by molar-refractivity contribution is 4.65. The molecular weight excluding hydrogens is 190 g/mol. The van der Waals surface area contributed by atoms with Crippen LogP contribution in [0, 0.1) is 11.8 Å². The molecule has 1 N–H and O–H groups in total. The van der Waals surface area contributed by atoms with Crippen molar-refractivity contribution in [3.63, 3.8) is 0 Å². The smallest absolute Gasteiger partial charge is 0.0591 e. The van der Waals surface area contributed by atoms with Crippen LogP contribution in [0.4, 0.5) is 0 Å². The standard InChI is InChI=1S/C12H25NO2/c1-11(2)10-15-8-5-13-9-12-3-6-14-7-4-12/h11-13H,3-10H2,1-2H3. The first-order valence-electron chi connectivity index (χ1n) is 6.15. The molecule has 1 aliphatic rings. The maximum absolute atomic E-state index is 5.50. The SMILES string of the molecule is CC(C)COCCNCC1CCOCC1. The van der Waals surface area contributed by atoms with Crippen molar-refractivity contribution in [1.82, 2.24) is 5.32 Å². The first-order valence-corrected chi connectivity index (χ1v) is 6.15. The van der Waals surface area contributed by atoms with E-state index in [1.54, 1.807) is 0 Å². The number of nitrogens with one attached hydrogen (secondary N) is 1. The van der Waals surface area contributed by atoms with Crippen LogP contribution in [0.2, 0.25) is 0 Å². The van der Waals surface area contributed by atoms with Crippen molar-refractivity contribution in [2.24, 2.45) is 11.8 Å². The van der Waals surface area contributed by atoms with Crippen molar-refractivity contribution in [3.8, 4) is 0 Å². The van der Waals surface area contributed by atoms with E-state index >= 15 is 0 Å². The van der Waals surface area contributed by atoms with Crippen LogP contribution < -0.4 is 5.32 Å². The Kier molecular flexibility index (Phi) is 6.98. The van der Waals surface area contributed by atoms with E-state index in [0.717, 1.165) is 45.4 Å². The van der Waals surface area contributed by atoms with E-state index in [2.05, 4.69) is 19.2 Å². The van der Waals surface area contributed by atoms with Crippen LogP contribution in [-0.4, -0.2) is 39.5 Å². The van der Waals surface area contributed by atoms with Crippen LogP contribution in [0.3, 0.4) is 0 Å². The van der Waals surface area contributed by atoms with Gasteiger partial charge in [-0.3, -0.25) is 0 Å². The van der Waals surface area contributed by atoms with E-state index in [1.165, 1.54) is 12.8 Å². The lowest BCUT2D eigenvalue weighted by atomic mass is 10.0. The van der Waals surface area contributed by atoms with Crippen molar-refractivity contribution in [3.05, 3.63) is 0 Å². The molecule has 90 valence electrons. The normalized spacial score (nSPS) is 18.6. The number of hydrogen-bond acceptors (Lipinski definition) is 3. The third-order valence-corrected chi connectivity index (χ3v) is 2.65. The molecule has 1 fully saturated rings. The Labute approximate surface area is 93.5 Å². The topological polar surface area (TPSA) is 30.5 Å². The fourth-order valence-electron chi connectivity index (χ4n) is 1.72. The van der Waals surface area contributed by atoms with Gasteiger partial charge in [0.25, 0.3) is 0 Å². The van der Waals surface area contributed by atoms with Crippen LogP contribution in [0.25, 0.3) is 0 Å². The summed E-state index contributed by atoms with van der Waals surface area (Å²) < 4.78 is 10.8. The minimum Gasteiger partial charge on any atom is -0.381 e. The minimum absolute atomic E-state index is 0.639. The van der Waals surface area contributed by atoms with E-state index in [1.807, 2.05) is 0 Å². The fourth-order valence-corrected chi connectivity index (χ4v) is 1.72. The molecule has 0 bridgehead atoms. The van der Waals surface area contributed by atoms with Gasteiger partial charge in [-0.1, -0.05) is 13.8 Å². The van der Waals surface area contributed by atoms with Crippen LogP contribution in [0.15, 0.2) is 0 Å². The molecule has 3 heteroatoms. The molecule has 3 nitrogen and oxygen atoms in total. The van der Waals surface area contributed by atoms with Crippen molar-refractivity contribution in [1.29, 1.82) is 0 Å². The lowest BCUT2D eigenvalue weighted by molar-refractivity contribution is 0.0645. The molecule has 0 amide bonds. The van der Waals surface area contributed by atoms with Crippen molar-refractivity contribution >= 4 is 0 Å². The number of hydrogen-bond donors (Lipinski definition) is 1. The fraction of sp³-hybridized carbons (Fsp3) is 1.00. The van der Waals surface area contributed by atoms with Crippen molar-refractivity contribution in [2.45, 2.75) is 26.7 Å². The highest BCUT2D eigenvalue weighted by Crippen LogP contribution is 2.12. The summed E-state index contributed by atoms with van der Waals surface area (Å²) in [6.45, 7) is 10.0. The van der Waals surface area contributed by atoms with Crippen LogP contribution in [-0.2, 0) is 9.47 Å². The zero-order valence-electron chi connectivity index (χ0n) is 10.1. The lowest BCUT2D eigenvalue weighted by Gasteiger charge is -2.22. The Morgan fingerprint density at radius 1 is 1.33 bits per heavy atom. The summed E-state index contributed by atoms with van der Waals surface area (Å²) in [6, 6.07) is 0. The second-order valence-electron chi connectivity index (χ2n) is 4.73. The quantitative estimate of drug-likeness (QED) is 0.655. The summed E-state index contributed by atoms with van der Waals surface area (Å²) in [4.78, 5) is 0. The summed E-state index contributed by atoms with van der Waals surface area (Å²) in [7, 11) is 0. The van der Waals surface area contributed by atoms with Gasteiger partial charge in [-0.15, -0.1) is 0 Å². The third kappa shape index (κ3) is 6.88. The molecule has 0 aromatic rings. The number of rotatable bonds is 7. The molecule has 0 spiro atoms. The van der Waals surface area contributed by atoms with E-state index in [9.17, 15) is 0 Å². The molecule has 0 aromatic heterocycles. The van der Waals surface area contributed by atoms with Crippen LogP contribution >= 0.6 is 0 Å². The maximum Gasteiger partial charge on any atom is 0.0591 e. The van der Waals surface area contributed by atoms with Gasteiger partial charge in [-0.25, -0.2) is 0 Å². The molecule has 0 aromatic carbocycles. The van der Waals surface area contributed by atoms with Gasteiger partial charge in [0.1, 0.15) is 0 Å². The zero-order valence-corrected chi connectivity index (χ0v) is 10.1. The van der Waals surface area contributed by atoms with Gasteiger partial charge in [0.2, 0.25) is 0 Å². The molecule has 0 aliphatic carbocycles. The molecule has 0 atom stereocenters. The molecule has 0 unspecified atom stereocenters. The summed E-state index contributed by atoms with van der Waals surface area (Å²) in [5.41, 5.74) is 0. The molecule has 1 saturated heterocycles. The average molecular weight is 215 g/mol. The molecule has 1 heterocycles. The Bertz CT molecular complexity index is 145. The molecule has 0 saturated carbocycles. The van der Waals surface area contributed by atoms with Gasteiger partial charge in [-0.2, -0.15) is 0 Å². The summed E-state index contributed by atoms with van der Waals surface area (Å²) in [5, 5.41) is 3.45. The Balaban J connectivity index is 1.83. The van der Waals surface area contributed by atoms with E-state index in [-0.39, 0.29) is 0 Å². The maximum atomic E-state index is 5.50. The molecule has 1 rings (SSSR count). The van der Waals surface area contributed by atoms with E-state index in [0.29, 0.717) is 5.92 Å². The van der Waals surface area contributed by atoms with E-state index < -0.39 is 0 Å². The van der Waals surface area contributed by atoms with Gasteiger partial charge in [0, 0.05) is 26.4 Å². The van der Waals surface area contributed by atoms with Gasteiger partial charge < -0.3 is 14.8 Å². The zero-order chi connectivity index (χ0) is 10.9. The molecular formula is C12H25NO2. The van der Waals surface area contributed by atoms with Crippen LogP contribution in [0.5, 0.6) is 0 Å². The molecule has 15 heavy (non-hydrogen) atoms. The summed E-state index contributed by atoms with van der Waals surface area (Å²) >= 11 is 0. The van der Waals surface area contributed by atoms with Crippen LogP contribution in [0.1, 0.15) is 26.7 Å². The Morgan fingerprint density at radius 3 is 2.73 bits per heavy atom. The third-order valence-electron chi connectivity index (χ3n) is 2.65. The predicted octanol–water partition coefficient (Wildman–Crippen LogP) is 1.68. The van der Waals surface area contributed by atoms with Gasteiger partial charge in [0.15, 0.2) is 0 Å². The largest absolute Gasteiger partial charge is 0.381 e. The van der Waals surface area contributed by atoms with Crippen molar-refractivity contribution < 1.29 is 9.47 Å². The first kappa shape index (κ1) is 12.9. The van der Waals surface area contributed by atoms with Crippen molar-refractivity contribution in [2.75, 3.05) is 39.5 Å². The molecule has 1 aliphatic heterocycles. The predicted molar refractivity (Wildman–Crippen MR) is 62.1 cm³/mol. The second-order valence-corrected chi connectivity index (χ2v) is 4.73. The minimum atomic E-state index is 0.639. The monoisotopic (exact) mass is 215 g/mol. The Morgan fingerprint density at radius 2 is 2.07 bits per heavy atom. The van der Waals surface area contributed by atoms with Gasteiger partial charge in [0.05, 0.1) is 6.61 Å². The van der Waals surface area contributed by atoms with Gasteiger partial charge >= 0.3 is 0 Å². The van der Waals surface area contributed by atoms with E-state index in [4.69, 9.17) is 9.47 Å². The summed E-state index contributed by atoms with van der Waals surface area (Å²) in [6.07, 6.45) is 2.42.